The van der Waals surface area contributed by atoms with Crippen LogP contribution in [-0.4, -0.2) is 85.1 Å². The molecule has 4 aromatic rings. The third kappa shape index (κ3) is 4.68. The van der Waals surface area contributed by atoms with Gasteiger partial charge in [-0.1, -0.05) is 18.2 Å². The first kappa shape index (κ1) is 24.6. The molecule has 2 aromatic carbocycles. The number of carbonyl (C=O) groups excluding carboxylic acids is 1. The van der Waals surface area contributed by atoms with Gasteiger partial charge in [0, 0.05) is 85.5 Å². The molecule has 1 amide bonds. The van der Waals surface area contributed by atoms with Gasteiger partial charge >= 0.3 is 0 Å². The highest BCUT2D eigenvalue weighted by atomic mass is 16.2. The molecule has 196 valence electrons. The fourth-order valence-electron chi connectivity index (χ4n) is 5.79. The van der Waals surface area contributed by atoms with Crippen LogP contribution in [0.2, 0.25) is 0 Å². The third-order valence-corrected chi connectivity index (χ3v) is 8.23. The number of nitrogens with zero attached hydrogens (tertiary/aromatic N) is 4. The van der Waals surface area contributed by atoms with Gasteiger partial charge in [-0.15, -0.1) is 0 Å². The molecule has 0 unspecified atom stereocenters. The fourth-order valence-corrected chi connectivity index (χ4v) is 5.79. The number of rotatable bonds is 5. The molecule has 0 saturated carbocycles. The van der Waals surface area contributed by atoms with Crippen molar-refractivity contribution in [1.29, 1.82) is 0 Å². The summed E-state index contributed by atoms with van der Waals surface area (Å²) >= 11 is 0. The number of pyridine rings is 1. The molecule has 38 heavy (non-hydrogen) atoms. The van der Waals surface area contributed by atoms with Gasteiger partial charge in [-0.3, -0.25) is 4.79 Å². The van der Waals surface area contributed by atoms with Gasteiger partial charge < -0.3 is 25.0 Å². The molecule has 2 saturated heterocycles. The zero-order chi connectivity index (χ0) is 26.2. The Bertz CT molecular complexity index is 1450. The molecule has 6 rings (SSSR count). The predicted octanol–water partition coefficient (Wildman–Crippen LogP) is 4.39. The molecule has 0 spiro atoms. The number of likely N-dealkylation sites (tertiary alicyclic amines) is 1. The van der Waals surface area contributed by atoms with Crippen molar-refractivity contribution in [2.24, 2.45) is 0 Å². The van der Waals surface area contributed by atoms with E-state index in [1.165, 1.54) is 16.8 Å². The summed E-state index contributed by atoms with van der Waals surface area (Å²) in [6.45, 7) is 8.10. The maximum absolute atomic E-state index is 13.0. The lowest BCUT2D eigenvalue weighted by molar-refractivity contribution is 0.0789. The Labute approximate surface area is 224 Å². The van der Waals surface area contributed by atoms with E-state index in [1.807, 2.05) is 48.6 Å². The summed E-state index contributed by atoms with van der Waals surface area (Å²) < 4.78 is 0. The zero-order valence-electron chi connectivity index (χ0n) is 22.5. The van der Waals surface area contributed by atoms with Crippen LogP contribution >= 0.6 is 0 Å². The number of aryl methyl sites for hydroxylation is 1. The zero-order valence-corrected chi connectivity index (χ0v) is 22.5. The smallest absolute Gasteiger partial charge is 0.253 e. The topological polar surface area (TPSA) is 67.5 Å². The highest BCUT2D eigenvalue weighted by Gasteiger charge is 2.26. The SMILES string of the molecule is CN[C@@H]1CCN(C(=O)c2ccc(-c3c[nH]c4ncc(-c5ccc(N6CCN(C)CC6)c(C)c5)cc34)cc2)C1. The Morgan fingerprint density at radius 3 is 2.45 bits per heavy atom. The van der Waals surface area contributed by atoms with E-state index in [0.29, 0.717) is 6.04 Å². The van der Waals surface area contributed by atoms with Crippen LogP contribution in [-0.2, 0) is 0 Å². The quantitative estimate of drug-likeness (QED) is 0.419. The number of anilines is 1. The molecule has 4 heterocycles. The summed E-state index contributed by atoms with van der Waals surface area (Å²) in [6.07, 6.45) is 4.96. The number of amides is 1. The molecule has 7 heteroatoms. The molecule has 2 N–H and O–H groups in total. The van der Waals surface area contributed by atoms with Crippen LogP contribution in [0.5, 0.6) is 0 Å². The molecule has 2 aliphatic heterocycles. The minimum Gasteiger partial charge on any atom is -0.369 e. The molecule has 2 aliphatic rings. The molecule has 0 aliphatic carbocycles. The van der Waals surface area contributed by atoms with Gasteiger partial charge in [0.2, 0.25) is 0 Å². The lowest BCUT2D eigenvalue weighted by atomic mass is 9.99. The summed E-state index contributed by atoms with van der Waals surface area (Å²) in [7, 11) is 4.15. The summed E-state index contributed by atoms with van der Waals surface area (Å²) in [5, 5.41) is 4.36. The Morgan fingerprint density at radius 2 is 1.74 bits per heavy atom. The molecule has 2 aromatic heterocycles. The van der Waals surface area contributed by atoms with E-state index in [1.54, 1.807) is 0 Å². The first-order valence-corrected chi connectivity index (χ1v) is 13.6. The number of H-pyrrole nitrogens is 1. The Balaban J connectivity index is 1.24. The van der Waals surface area contributed by atoms with Crippen LogP contribution in [0.4, 0.5) is 5.69 Å². The summed E-state index contributed by atoms with van der Waals surface area (Å²) in [6, 6.07) is 17.3. The number of fused-ring (bicyclic) bond motifs is 1. The van der Waals surface area contributed by atoms with Gasteiger partial charge in [-0.2, -0.15) is 0 Å². The van der Waals surface area contributed by atoms with Gasteiger partial charge in [-0.25, -0.2) is 4.98 Å². The van der Waals surface area contributed by atoms with Crippen molar-refractivity contribution in [2.45, 2.75) is 19.4 Å². The molecule has 0 radical (unpaired) electrons. The average Bonchev–Trinajstić information content (AvgIpc) is 3.60. The van der Waals surface area contributed by atoms with E-state index in [4.69, 9.17) is 4.98 Å². The minimum absolute atomic E-state index is 0.104. The van der Waals surface area contributed by atoms with Crippen LogP contribution in [0, 0.1) is 6.92 Å². The maximum Gasteiger partial charge on any atom is 0.253 e. The van der Waals surface area contributed by atoms with E-state index >= 15 is 0 Å². The van der Waals surface area contributed by atoms with Gasteiger partial charge in [0.1, 0.15) is 5.65 Å². The second kappa shape index (κ2) is 10.2. The lowest BCUT2D eigenvalue weighted by Crippen LogP contribution is -2.44. The van der Waals surface area contributed by atoms with Crippen LogP contribution < -0.4 is 10.2 Å². The molecule has 2 fully saturated rings. The Kier molecular flexibility index (Phi) is 6.64. The third-order valence-electron chi connectivity index (χ3n) is 8.23. The highest BCUT2D eigenvalue weighted by molar-refractivity contribution is 5.98. The van der Waals surface area contributed by atoms with Gasteiger partial charge in [0.15, 0.2) is 0 Å². The number of aromatic nitrogens is 2. The second-order valence-electron chi connectivity index (χ2n) is 10.7. The van der Waals surface area contributed by atoms with E-state index in [-0.39, 0.29) is 5.91 Å². The van der Waals surface area contributed by atoms with Crippen molar-refractivity contribution in [3.63, 3.8) is 0 Å². The number of hydrogen-bond donors (Lipinski definition) is 2. The standard InChI is InChI=1S/C31H36N6O/c1-21-16-24(8-9-29(21)36-14-12-35(3)13-15-36)25-17-27-28(19-34-30(27)33-18-25)22-4-6-23(7-5-22)31(38)37-11-10-26(20-37)32-2/h4-9,16-19,26,32H,10-15,20H2,1-3H3,(H,33,34)/t26-/m1/s1. The second-order valence-corrected chi connectivity index (χ2v) is 10.7. The normalized spacial score (nSPS) is 18.4. The Morgan fingerprint density at radius 1 is 0.974 bits per heavy atom. The number of aromatic amines is 1. The number of hydrogen-bond acceptors (Lipinski definition) is 5. The first-order chi connectivity index (χ1) is 18.5. The summed E-state index contributed by atoms with van der Waals surface area (Å²) in [5.41, 5.74) is 8.66. The van der Waals surface area contributed by atoms with Crippen LogP contribution in [0.1, 0.15) is 22.3 Å². The molecule has 1 atom stereocenters. The van der Waals surface area contributed by atoms with Crippen LogP contribution in [0.3, 0.4) is 0 Å². The first-order valence-electron chi connectivity index (χ1n) is 13.6. The largest absolute Gasteiger partial charge is 0.369 e. The molecular formula is C31H36N6O. The number of nitrogens with one attached hydrogen (secondary N) is 2. The predicted molar refractivity (Wildman–Crippen MR) is 155 cm³/mol. The van der Waals surface area contributed by atoms with E-state index in [2.05, 4.69) is 58.3 Å². The molecular weight excluding hydrogens is 472 g/mol. The summed E-state index contributed by atoms with van der Waals surface area (Å²) in [5.74, 6) is 0.104. The van der Waals surface area contributed by atoms with Crippen molar-refractivity contribution < 1.29 is 4.79 Å². The average molecular weight is 509 g/mol. The number of carbonyl (C=O) groups is 1. The van der Waals surface area contributed by atoms with Crippen molar-refractivity contribution in [2.75, 3.05) is 58.3 Å². The van der Waals surface area contributed by atoms with Crippen molar-refractivity contribution in [1.82, 2.24) is 25.1 Å². The van der Waals surface area contributed by atoms with Crippen LogP contribution in [0.15, 0.2) is 60.9 Å². The Hall–Kier alpha value is -3.68. The molecule has 0 bridgehead atoms. The highest BCUT2D eigenvalue weighted by Crippen LogP contribution is 2.33. The summed E-state index contributed by atoms with van der Waals surface area (Å²) in [4.78, 5) is 27.8. The van der Waals surface area contributed by atoms with Gasteiger partial charge in [0.05, 0.1) is 0 Å². The van der Waals surface area contributed by atoms with Gasteiger partial charge in [-0.05, 0) is 74.5 Å². The monoisotopic (exact) mass is 508 g/mol. The van der Waals surface area contributed by atoms with Gasteiger partial charge in [0.25, 0.3) is 5.91 Å². The van der Waals surface area contributed by atoms with Crippen molar-refractivity contribution in [3.05, 3.63) is 72.1 Å². The van der Waals surface area contributed by atoms with Crippen LogP contribution in [0.25, 0.3) is 33.3 Å². The molecule has 7 nitrogen and oxygen atoms in total. The fraction of sp³-hybridized carbons (Fsp3) is 0.355. The van der Waals surface area contributed by atoms with E-state index in [9.17, 15) is 4.79 Å². The minimum atomic E-state index is 0.104. The van der Waals surface area contributed by atoms with E-state index < -0.39 is 0 Å². The maximum atomic E-state index is 13.0. The lowest BCUT2D eigenvalue weighted by Gasteiger charge is -2.35. The van der Waals surface area contributed by atoms with Crippen molar-refractivity contribution in [3.8, 4) is 22.3 Å². The number of likely N-dealkylation sites (N-methyl/N-ethyl adjacent to an activating group) is 2. The number of benzene rings is 2. The number of piperazine rings is 1. The van der Waals surface area contributed by atoms with Crippen molar-refractivity contribution >= 4 is 22.6 Å². The van der Waals surface area contributed by atoms with E-state index in [0.717, 1.165) is 79.0 Å².